The van der Waals surface area contributed by atoms with Gasteiger partial charge in [-0.1, -0.05) is 18.2 Å². The van der Waals surface area contributed by atoms with Crippen molar-refractivity contribution in [2.45, 2.75) is 34.6 Å². The predicted octanol–water partition coefficient (Wildman–Crippen LogP) is 4.69. The van der Waals surface area contributed by atoms with Gasteiger partial charge in [-0.25, -0.2) is 9.69 Å². The van der Waals surface area contributed by atoms with E-state index in [2.05, 4.69) is 16.0 Å². The van der Waals surface area contributed by atoms with Gasteiger partial charge in [0.05, 0.1) is 5.69 Å². The molecule has 1 aliphatic rings. The Hall–Kier alpha value is -3.93. The van der Waals surface area contributed by atoms with Crippen LogP contribution in [0.1, 0.15) is 33.6 Å². The van der Waals surface area contributed by atoms with E-state index in [9.17, 15) is 14.4 Å². The van der Waals surface area contributed by atoms with Crippen molar-refractivity contribution in [3.63, 3.8) is 0 Å². The summed E-state index contributed by atoms with van der Waals surface area (Å²) in [4.78, 5) is 39.3. The molecule has 4 rings (SSSR count). The second-order valence-electron chi connectivity index (χ2n) is 8.23. The topological polar surface area (TPSA) is 71.4 Å². The molecule has 6 nitrogen and oxygen atoms in total. The Labute approximate surface area is 187 Å². The SMILES string of the molecule is Cc1cccc(-n2c(C)cc(/C=C3\C(=O)NC(=O)N(c4ccc(C)c(C)c4)C3=O)c2C)c1. The summed E-state index contributed by atoms with van der Waals surface area (Å²) in [5, 5.41) is 2.29. The number of aromatic nitrogens is 1. The molecule has 162 valence electrons. The summed E-state index contributed by atoms with van der Waals surface area (Å²) in [7, 11) is 0. The van der Waals surface area contributed by atoms with Crippen molar-refractivity contribution in [1.29, 1.82) is 0 Å². The lowest BCUT2D eigenvalue weighted by Gasteiger charge is -2.26. The molecule has 0 atom stereocenters. The van der Waals surface area contributed by atoms with Gasteiger partial charge in [0.15, 0.2) is 0 Å². The van der Waals surface area contributed by atoms with Crippen molar-refractivity contribution in [1.82, 2.24) is 9.88 Å². The number of carbonyl (C=O) groups is 3. The van der Waals surface area contributed by atoms with Gasteiger partial charge in [-0.05, 0) is 93.3 Å². The zero-order valence-corrected chi connectivity index (χ0v) is 18.8. The first-order valence-corrected chi connectivity index (χ1v) is 10.4. The van der Waals surface area contributed by atoms with Crippen LogP contribution in [0.25, 0.3) is 11.8 Å². The highest BCUT2D eigenvalue weighted by Gasteiger charge is 2.37. The highest BCUT2D eigenvalue weighted by Crippen LogP contribution is 2.27. The Bertz CT molecular complexity index is 1310. The van der Waals surface area contributed by atoms with Gasteiger partial charge in [-0.3, -0.25) is 14.9 Å². The number of barbiturate groups is 1. The summed E-state index contributed by atoms with van der Waals surface area (Å²) in [6.45, 7) is 9.82. The van der Waals surface area contributed by atoms with Crippen molar-refractivity contribution in [3.8, 4) is 5.69 Å². The van der Waals surface area contributed by atoms with Crippen LogP contribution >= 0.6 is 0 Å². The molecule has 1 aliphatic heterocycles. The van der Waals surface area contributed by atoms with E-state index in [-0.39, 0.29) is 5.57 Å². The molecule has 1 fully saturated rings. The molecule has 4 amide bonds. The molecular formula is C26H25N3O3. The first kappa shape index (κ1) is 21.3. The smallest absolute Gasteiger partial charge is 0.318 e. The third-order valence-corrected chi connectivity index (χ3v) is 5.88. The van der Waals surface area contributed by atoms with E-state index in [1.54, 1.807) is 18.2 Å². The maximum Gasteiger partial charge on any atom is 0.335 e. The zero-order valence-electron chi connectivity index (χ0n) is 18.8. The molecule has 3 aromatic rings. The van der Waals surface area contributed by atoms with Crippen molar-refractivity contribution in [3.05, 3.63) is 87.7 Å². The average Bonchev–Trinajstić information content (AvgIpc) is 3.00. The molecule has 0 unspecified atom stereocenters. The van der Waals surface area contributed by atoms with Crippen molar-refractivity contribution < 1.29 is 14.4 Å². The third kappa shape index (κ3) is 3.64. The van der Waals surface area contributed by atoms with Gasteiger partial charge in [0.2, 0.25) is 0 Å². The highest BCUT2D eigenvalue weighted by atomic mass is 16.2. The maximum absolute atomic E-state index is 13.2. The molecular weight excluding hydrogens is 402 g/mol. The quantitative estimate of drug-likeness (QED) is 0.487. The third-order valence-electron chi connectivity index (χ3n) is 5.88. The number of rotatable bonds is 3. The molecule has 2 aromatic carbocycles. The fourth-order valence-corrected chi connectivity index (χ4v) is 4.01. The Morgan fingerprint density at radius 1 is 0.812 bits per heavy atom. The lowest BCUT2D eigenvalue weighted by Crippen LogP contribution is -2.54. The van der Waals surface area contributed by atoms with E-state index in [0.29, 0.717) is 5.69 Å². The number of urea groups is 1. The number of nitrogens with one attached hydrogen (secondary N) is 1. The summed E-state index contributed by atoms with van der Waals surface area (Å²) >= 11 is 0. The normalized spacial score (nSPS) is 15.5. The number of hydrogen-bond donors (Lipinski definition) is 1. The molecule has 0 spiro atoms. The Kier molecular flexibility index (Phi) is 5.30. The maximum atomic E-state index is 13.2. The second kappa shape index (κ2) is 7.96. The molecule has 0 radical (unpaired) electrons. The van der Waals surface area contributed by atoms with Gasteiger partial charge in [0.1, 0.15) is 5.57 Å². The number of anilines is 1. The zero-order chi connectivity index (χ0) is 23.2. The van der Waals surface area contributed by atoms with Crippen LogP contribution in [0.15, 0.2) is 54.1 Å². The first-order valence-electron chi connectivity index (χ1n) is 10.4. The molecule has 0 bridgehead atoms. The Balaban J connectivity index is 1.77. The first-order chi connectivity index (χ1) is 15.2. The van der Waals surface area contributed by atoms with Gasteiger partial charge in [-0.2, -0.15) is 0 Å². The number of aryl methyl sites for hydroxylation is 4. The predicted molar refractivity (Wildman–Crippen MR) is 125 cm³/mol. The van der Waals surface area contributed by atoms with Crippen LogP contribution in [-0.4, -0.2) is 22.4 Å². The van der Waals surface area contributed by atoms with Gasteiger partial charge < -0.3 is 4.57 Å². The highest BCUT2D eigenvalue weighted by molar-refractivity contribution is 6.39. The fraction of sp³-hybridized carbons (Fsp3) is 0.192. The van der Waals surface area contributed by atoms with E-state index in [1.807, 2.05) is 65.0 Å². The molecule has 1 aromatic heterocycles. The van der Waals surface area contributed by atoms with Crippen LogP contribution in [-0.2, 0) is 9.59 Å². The minimum Gasteiger partial charge on any atom is -0.318 e. The molecule has 2 heterocycles. The van der Waals surface area contributed by atoms with Crippen molar-refractivity contribution >= 4 is 29.6 Å². The molecule has 0 saturated carbocycles. The van der Waals surface area contributed by atoms with Crippen LogP contribution in [0, 0.1) is 34.6 Å². The van der Waals surface area contributed by atoms with E-state index in [0.717, 1.165) is 44.2 Å². The largest absolute Gasteiger partial charge is 0.335 e. The number of amides is 4. The summed E-state index contributed by atoms with van der Waals surface area (Å²) < 4.78 is 2.08. The standard InChI is InChI=1S/C26H25N3O3/c1-15-7-6-8-21(11-15)28-18(4)13-20(19(28)5)14-23-24(30)27-26(32)29(25(23)31)22-10-9-16(2)17(3)12-22/h6-14H,1-5H3,(H,27,30,32)/b23-14+. The van der Waals surface area contributed by atoms with E-state index < -0.39 is 17.8 Å². The molecule has 1 saturated heterocycles. The summed E-state index contributed by atoms with van der Waals surface area (Å²) in [5.74, 6) is -1.33. The molecule has 6 heteroatoms. The minimum atomic E-state index is -0.745. The van der Waals surface area contributed by atoms with Crippen LogP contribution < -0.4 is 10.2 Å². The van der Waals surface area contributed by atoms with Gasteiger partial charge in [0.25, 0.3) is 11.8 Å². The fourth-order valence-electron chi connectivity index (χ4n) is 4.01. The van der Waals surface area contributed by atoms with Crippen LogP contribution in [0.4, 0.5) is 10.5 Å². The van der Waals surface area contributed by atoms with Crippen molar-refractivity contribution in [2.24, 2.45) is 0 Å². The average molecular weight is 428 g/mol. The number of benzene rings is 2. The number of imide groups is 2. The monoisotopic (exact) mass is 427 g/mol. The van der Waals surface area contributed by atoms with Crippen LogP contribution in [0.5, 0.6) is 0 Å². The lowest BCUT2D eigenvalue weighted by atomic mass is 10.1. The van der Waals surface area contributed by atoms with Crippen LogP contribution in [0.3, 0.4) is 0 Å². The number of hydrogen-bond acceptors (Lipinski definition) is 3. The Morgan fingerprint density at radius 3 is 2.25 bits per heavy atom. The van der Waals surface area contributed by atoms with E-state index in [1.165, 1.54) is 0 Å². The van der Waals surface area contributed by atoms with E-state index in [4.69, 9.17) is 0 Å². The van der Waals surface area contributed by atoms with Crippen molar-refractivity contribution in [2.75, 3.05) is 4.90 Å². The lowest BCUT2D eigenvalue weighted by molar-refractivity contribution is -0.122. The number of carbonyl (C=O) groups excluding carboxylic acids is 3. The van der Waals surface area contributed by atoms with Gasteiger partial charge >= 0.3 is 6.03 Å². The Morgan fingerprint density at radius 2 is 1.56 bits per heavy atom. The summed E-state index contributed by atoms with van der Waals surface area (Å²) in [6.07, 6.45) is 1.56. The van der Waals surface area contributed by atoms with Crippen LogP contribution in [0.2, 0.25) is 0 Å². The number of nitrogens with zero attached hydrogens (tertiary/aromatic N) is 2. The summed E-state index contributed by atoms with van der Waals surface area (Å²) in [5.41, 5.74) is 7.13. The minimum absolute atomic E-state index is 0.0766. The second-order valence-corrected chi connectivity index (χ2v) is 8.23. The molecule has 1 N–H and O–H groups in total. The summed E-state index contributed by atoms with van der Waals surface area (Å²) in [6, 6.07) is 14.6. The molecule has 32 heavy (non-hydrogen) atoms. The van der Waals surface area contributed by atoms with E-state index >= 15 is 0 Å². The molecule has 0 aliphatic carbocycles. The van der Waals surface area contributed by atoms with Gasteiger partial charge in [0, 0.05) is 17.1 Å². The van der Waals surface area contributed by atoms with Gasteiger partial charge in [-0.15, -0.1) is 0 Å².